The van der Waals surface area contributed by atoms with Crippen LogP contribution in [-0.2, 0) is 13.0 Å². The second-order valence-corrected chi connectivity index (χ2v) is 8.25. The second-order valence-electron chi connectivity index (χ2n) is 7.17. The first kappa shape index (κ1) is 21.8. The number of anilines is 1. The fourth-order valence-electron chi connectivity index (χ4n) is 3.42. The largest absolute Gasteiger partial charge is 0.490 e. The molecule has 1 aromatic carbocycles. The van der Waals surface area contributed by atoms with Gasteiger partial charge in [0.2, 0.25) is 0 Å². The van der Waals surface area contributed by atoms with Gasteiger partial charge in [0, 0.05) is 29.5 Å². The molecule has 1 aliphatic heterocycles. The average molecular weight is 457 g/mol. The van der Waals surface area contributed by atoms with Gasteiger partial charge in [-0.1, -0.05) is 16.5 Å². The number of hydrogen-bond donors (Lipinski definition) is 1. The Morgan fingerprint density at radius 2 is 1.97 bits per heavy atom. The lowest BCUT2D eigenvalue weighted by atomic mass is 10.1. The van der Waals surface area contributed by atoms with E-state index in [4.69, 9.17) is 14.0 Å². The molecule has 3 aromatic rings. The van der Waals surface area contributed by atoms with E-state index in [0.29, 0.717) is 60.7 Å². The smallest absolute Gasteiger partial charge is 0.279 e. The van der Waals surface area contributed by atoms with E-state index < -0.39 is 0 Å². The summed E-state index contributed by atoms with van der Waals surface area (Å²) < 4.78 is 16.2. The average Bonchev–Trinajstić information content (AvgIpc) is 3.39. The van der Waals surface area contributed by atoms with Crippen LogP contribution in [0.4, 0.5) is 5.13 Å². The van der Waals surface area contributed by atoms with Crippen LogP contribution < -0.4 is 14.8 Å². The number of hydrogen-bond acceptors (Lipinski definition) is 8. The minimum absolute atomic E-state index is 0.0864. The summed E-state index contributed by atoms with van der Waals surface area (Å²) in [5.74, 6) is 1.28. The van der Waals surface area contributed by atoms with Crippen LogP contribution in [0.15, 0.2) is 28.8 Å². The predicted molar refractivity (Wildman–Crippen MR) is 119 cm³/mol. The van der Waals surface area contributed by atoms with Crippen molar-refractivity contribution >= 4 is 28.3 Å². The van der Waals surface area contributed by atoms with E-state index in [1.807, 2.05) is 13.8 Å². The number of thiazole rings is 1. The minimum atomic E-state index is -0.376. The van der Waals surface area contributed by atoms with E-state index >= 15 is 0 Å². The van der Waals surface area contributed by atoms with Gasteiger partial charge in [-0.3, -0.25) is 14.9 Å². The van der Waals surface area contributed by atoms with Gasteiger partial charge in [-0.25, -0.2) is 4.98 Å². The number of carbonyl (C=O) groups is 2. The highest BCUT2D eigenvalue weighted by Crippen LogP contribution is 2.32. The number of nitrogens with one attached hydrogen (secondary N) is 1. The number of amides is 2. The molecule has 2 aromatic heterocycles. The number of benzene rings is 1. The first-order chi connectivity index (χ1) is 15.5. The fourth-order valence-corrected chi connectivity index (χ4v) is 4.44. The number of aryl methyl sites for hydroxylation is 1. The lowest BCUT2D eigenvalue weighted by Gasteiger charge is -2.26. The lowest BCUT2D eigenvalue weighted by molar-refractivity contribution is 0.0735. The van der Waals surface area contributed by atoms with Crippen LogP contribution in [0.25, 0.3) is 0 Å². The molecule has 9 nitrogen and oxygen atoms in total. The summed E-state index contributed by atoms with van der Waals surface area (Å²) in [7, 11) is 0. The highest BCUT2D eigenvalue weighted by Gasteiger charge is 2.26. The van der Waals surface area contributed by atoms with Gasteiger partial charge in [0.1, 0.15) is 5.76 Å². The number of rotatable bonds is 7. The molecule has 0 saturated heterocycles. The Hall–Kier alpha value is -3.40. The zero-order valence-electron chi connectivity index (χ0n) is 18.1. The van der Waals surface area contributed by atoms with Gasteiger partial charge in [-0.05, 0) is 39.0 Å². The van der Waals surface area contributed by atoms with Crippen molar-refractivity contribution in [2.45, 2.75) is 33.7 Å². The van der Waals surface area contributed by atoms with E-state index in [0.717, 1.165) is 10.6 Å². The third kappa shape index (κ3) is 4.59. The Bertz CT molecular complexity index is 1140. The Balaban J connectivity index is 1.46. The maximum Gasteiger partial charge on any atom is 0.279 e. The van der Waals surface area contributed by atoms with Crippen molar-refractivity contribution in [3.05, 3.63) is 51.9 Å². The molecule has 0 bridgehead atoms. The summed E-state index contributed by atoms with van der Waals surface area (Å²) in [6.07, 6.45) is 0.617. The van der Waals surface area contributed by atoms with E-state index in [-0.39, 0.29) is 17.5 Å². The maximum absolute atomic E-state index is 13.1. The van der Waals surface area contributed by atoms with Crippen molar-refractivity contribution < 1.29 is 23.6 Å². The molecule has 0 atom stereocenters. The Morgan fingerprint density at radius 3 is 2.69 bits per heavy atom. The molecule has 32 heavy (non-hydrogen) atoms. The van der Waals surface area contributed by atoms with Gasteiger partial charge in [-0.2, -0.15) is 0 Å². The maximum atomic E-state index is 13.1. The molecule has 4 rings (SSSR count). The monoisotopic (exact) mass is 456 g/mol. The van der Waals surface area contributed by atoms with Crippen LogP contribution in [0.1, 0.15) is 51.0 Å². The summed E-state index contributed by atoms with van der Waals surface area (Å²) in [5.41, 5.74) is 1.64. The van der Waals surface area contributed by atoms with Crippen molar-refractivity contribution in [1.29, 1.82) is 0 Å². The minimum Gasteiger partial charge on any atom is -0.490 e. The highest BCUT2D eigenvalue weighted by molar-refractivity contribution is 7.15. The first-order valence-electron chi connectivity index (χ1n) is 10.4. The molecule has 2 amide bonds. The summed E-state index contributed by atoms with van der Waals surface area (Å²) in [6, 6.07) is 6.81. The van der Waals surface area contributed by atoms with Crippen LogP contribution in [0, 0.1) is 6.92 Å². The molecule has 0 spiro atoms. The molecule has 1 aliphatic rings. The van der Waals surface area contributed by atoms with Gasteiger partial charge in [0.15, 0.2) is 22.3 Å². The standard InChI is InChI=1S/C22H24N4O5S/c1-4-29-17-7-6-14(11-18(17)30-5-2)21(28)26-9-8-15-19(12-26)32-22(23-15)24-20(27)16-10-13(3)31-25-16/h6-7,10-11H,4-5,8-9,12H2,1-3H3,(H,23,24,27). The third-order valence-corrected chi connectivity index (χ3v) is 5.89. The Morgan fingerprint density at radius 1 is 1.19 bits per heavy atom. The molecule has 0 radical (unpaired) electrons. The summed E-state index contributed by atoms with van der Waals surface area (Å²) >= 11 is 1.36. The quantitative estimate of drug-likeness (QED) is 0.578. The van der Waals surface area contributed by atoms with Gasteiger partial charge in [-0.15, -0.1) is 0 Å². The van der Waals surface area contributed by atoms with Crippen LogP contribution in [0.2, 0.25) is 0 Å². The number of carbonyl (C=O) groups excluding carboxylic acids is 2. The number of ether oxygens (including phenoxy) is 2. The topological polar surface area (TPSA) is 107 Å². The van der Waals surface area contributed by atoms with Crippen molar-refractivity contribution in [1.82, 2.24) is 15.0 Å². The molecule has 3 heterocycles. The van der Waals surface area contributed by atoms with E-state index in [1.54, 1.807) is 36.1 Å². The van der Waals surface area contributed by atoms with Crippen LogP contribution in [-0.4, -0.2) is 46.6 Å². The molecule has 168 valence electrons. The normalized spacial score (nSPS) is 12.9. The van der Waals surface area contributed by atoms with Crippen molar-refractivity contribution in [3.8, 4) is 11.5 Å². The van der Waals surface area contributed by atoms with E-state index in [2.05, 4.69) is 15.5 Å². The molecule has 10 heteroatoms. The van der Waals surface area contributed by atoms with Gasteiger partial charge < -0.3 is 18.9 Å². The third-order valence-electron chi connectivity index (χ3n) is 4.89. The molecular weight excluding hydrogens is 432 g/mol. The number of fused-ring (bicyclic) bond motifs is 1. The lowest BCUT2D eigenvalue weighted by Crippen LogP contribution is -2.35. The van der Waals surface area contributed by atoms with Crippen LogP contribution in [0.3, 0.4) is 0 Å². The second kappa shape index (κ2) is 9.39. The van der Waals surface area contributed by atoms with E-state index in [1.165, 1.54) is 11.3 Å². The van der Waals surface area contributed by atoms with Crippen molar-refractivity contribution in [2.75, 3.05) is 25.1 Å². The zero-order valence-corrected chi connectivity index (χ0v) is 19.0. The van der Waals surface area contributed by atoms with Gasteiger partial charge >= 0.3 is 0 Å². The summed E-state index contributed by atoms with van der Waals surface area (Å²) in [4.78, 5) is 32.7. The van der Waals surface area contributed by atoms with Crippen molar-refractivity contribution in [3.63, 3.8) is 0 Å². The van der Waals surface area contributed by atoms with Gasteiger partial charge in [0.25, 0.3) is 11.8 Å². The van der Waals surface area contributed by atoms with Crippen LogP contribution in [0.5, 0.6) is 11.5 Å². The zero-order chi connectivity index (χ0) is 22.7. The molecule has 0 aliphatic carbocycles. The van der Waals surface area contributed by atoms with Crippen LogP contribution >= 0.6 is 11.3 Å². The fraction of sp³-hybridized carbons (Fsp3) is 0.364. The molecular formula is C22H24N4O5S. The SMILES string of the molecule is CCOc1ccc(C(=O)N2CCc3nc(NC(=O)c4cc(C)on4)sc3C2)cc1OCC. The first-order valence-corrected chi connectivity index (χ1v) is 11.2. The van der Waals surface area contributed by atoms with Gasteiger partial charge in [0.05, 0.1) is 25.5 Å². The molecule has 1 N–H and O–H groups in total. The van der Waals surface area contributed by atoms with E-state index in [9.17, 15) is 9.59 Å². The summed E-state index contributed by atoms with van der Waals surface area (Å²) in [5, 5.41) is 6.96. The Labute approximate surface area is 189 Å². The van der Waals surface area contributed by atoms with Crippen molar-refractivity contribution in [2.24, 2.45) is 0 Å². The number of nitrogens with zero attached hydrogens (tertiary/aromatic N) is 3. The molecule has 0 fully saturated rings. The molecule has 0 unspecified atom stereocenters. The highest BCUT2D eigenvalue weighted by atomic mass is 32.1. The number of aromatic nitrogens is 2. The predicted octanol–water partition coefficient (Wildman–Crippen LogP) is 3.69. The molecule has 0 saturated carbocycles. The Kier molecular flexibility index (Phi) is 6.40. The summed E-state index contributed by atoms with van der Waals surface area (Å²) in [6.45, 7) is 7.49.